The van der Waals surface area contributed by atoms with E-state index in [0.717, 1.165) is 47.3 Å². The number of benzene rings is 1. The molecule has 1 amide bonds. The van der Waals surface area contributed by atoms with E-state index in [4.69, 9.17) is 4.98 Å². The average Bonchev–Trinajstić information content (AvgIpc) is 2.98. The summed E-state index contributed by atoms with van der Waals surface area (Å²) in [7, 11) is 0. The van der Waals surface area contributed by atoms with Crippen LogP contribution in [0.5, 0.6) is 0 Å². The number of carbonyl (C=O) groups is 2. The Morgan fingerprint density at radius 2 is 2.08 bits per heavy atom. The Kier molecular flexibility index (Phi) is 4.50. The molecular weight excluding hydrogens is 332 g/mol. The Morgan fingerprint density at radius 1 is 1.28 bits per heavy atom. The fraction of sp³-hybridized carbons (Fsp3) is 0.450. The minimum Gasteiger partial charge on any atom is -0.311 e. The monoisotopic (exact) mass is 354 g/mol. The minimum atomic E-state index is 0.123. The fourth-order valence-corrected chi connectivity index (χ4v) is 4.69. The molecule has 0 N–H and O–H groups in total. The normalized spacial score (nSPS) is 20.1. The van der Waals surface area contributed by atoms with Gasteiger partial charge >= 0.3 is 0 Å². The van der Waals surface area contributed by atoms with E-state index >= 15 is 0 Å². The number of carbonyl (C=O) groups excluding carboxylic acids is 2. The van der Waals surface area contributed by atoms with Crippen molar-refractivity contribution in [1.29, 1.82) is 0 Å². The molecule has 25 heavy (non-hydrogen) atoms. The van der Waals surface area contributed by atoms with E-state index in [0.29, 0.717) is 13.0 Å². The summed E-state index contributed by atoms with van der Waals surface area (Å²) in [5, 5.41) is 1.20. The highest BCUT2D eigenvalue weighted by atomic mass is 32.2. The number of pyridine rings is 1. The Morgan fingerprint density at radius 3 is 2.92 bits per heavy atom. The first-order valence-corrected chi connectivity index (χ1v) is 9.96. The van der Waals surface area contributed by atoms with Crippen LogP contribution in [0.3, 0.4) is 0 Å². The van der Waals surface area contributed by atoms with E-state index in [2.05, 4.69) is 6.07 Å². The van der Waals surface area contributed by atoms with Crippen LogP contribution in [0.4, 0.5) is 5.69 Å². The molecule has 1 fully saturated rings. The molecule has 1 aromatic heterocycles. The number of aryl methyl sites for hydroxylation is 1. The van der Waals surface area contributed by atoms with Crippen LogP contribution in [-0.4, -0.2) is 28.3 Å². The van der Waals surface area contributed by atoms with Crippen molar-refractivity contribution in [2.24, 2.45) is 5.92 Å². The molecule has 0 radical (unpaired) electrons. The summed E-state index contributed by atoms with van der Waals surface area (Å²) in [6.45, 7) is 2.30. The van der Waals surface area contributed by atoms with Crippen LogP contribution in [-0.2, 0) is 22.4 Å². The van der Waals surface area contributed by atoms with Crippen LogP contribution in [0.2, 0.25) is 0 Å². The molecule has 2 aliphatic rings. The van der Waals surface area contributed by atoms with Gasteiger partial charge in [-0.15, -0.1) is 0 Å². The standard InChI is InChI=1S/C20H22N2O2S/c1-13(23)25-12-14-10-19(24)22(11-14)20-15-6-2-4-8-17(15)21-18-9-5-3-7-16(18)20/h2,4,6,8,14H,3,5,7,9-12H2,1H3. The van der Waals surface area contributed by atoms with Gasteiger partial charge in [0.2, 0.25) is 5.91 Å². The predicted molar refractivity (Wildman–Crippen MR) is 102 cm³/mol. The molecule has 1 aliphatic heterocycles. The van der Waals surface area contributed by atoms with E-state index in [9.17, 15) is 9.59 Å². The summed E-state index contributed by atoms with van der Waals surface area (Å²) in [6.07, 6.45) is 4.86. The number of rotatable bonds is 3. The third-order valence-corrected chi connectivity index (χ3v) is 6.18. The minimum absolute atomic E-state index is 0.123. The van der Waals surface area contributed by atoms with Gasteiger partial charge in [0.05, 0.1) is 11.2 Å². The van der Waals surface area contributed by atoms with Gasteiger partial charge in [-0.1, -0.05) is 30.0 Å². The number of aromatic nitrogens is 1. The number of hydrogen-bond acceptors (Lipinski definition) is 4. The molecule has 0 bridgehead atoms. The number of thioether (sulfide) groups is 1. The first-order valence-electron chi connectivity index (χ1n) is 8.97. The maximum absolute atomic E-state index is 12.8. The third kappa shape index (κ3) is 3.17. The van der Waals surface area contributed by atoms with Crippen molar-refractivity contribution in [2.45, 2.75) is 39.0 Å². The molecule has 1 saturated heterocycles. The molecule has 1 unspecified atom stereocenters. The zero-order valence-corrected chi connectivity index (χ0v) is 15.3. The molecule has 1 aromatic carbocycles. The lowest BCUT2D eigenvalue weighted by Gasteiger charge is -2.26. The highest BCUT2D eigenvalue weighted by Crippen LogP contribution is 2.39. The van der Waals surface area contributed by atoms with Crippen LogP contribution in [0.15, 0.2) is 24.3 Å². The average molecular weight is 354 g/mol. The van der Waals surface area contributed by atoms with Gasteiger partial charge in [0.25, 0.3) is 0 Å². The summed E-state index contributed by atoms with van der Waals surface area (Å²) in [6, 6.07) is 8.15. The van der Waals surface area contributed by atoms with E-state index < -0.39 is 0 Å². The highest BCUT2D eigenvalue weighted by Gasteiger charge is 2.34. The lowest BCUT2D eigenvalue weighted by atomic mass is 9.92. The van der Waals surface area contributed by atoms with Crippen molar-refractivity contribution in [2.75, 3.05) is 17.2 Å². The van der Waals surface area contributed by atoms with Crippen molar-refractivity contribution in [3.05, 3.63) is 35.5 Å². The first-order chi connectivity index (χ1) is 12.1. The second-order valence-electron chi connectivity index (χ2n) is 6.99. The molecule has 2 heterocycles. The molecule has 4 nitrogen and oxygen atoms in total. The number of anilines is 1. The fourth-order valence-electron chi connectivity index (χ4n) is 4.00. The van der Waals surface area contributed by atoms with Crippen molar-refractivity contribution in [3.8, 4) is 0 Å². The molecule has 4 rings (SSSR count). The Hall–Kier alpha value is -1.88. The van der Waals surface area contributed by atoms with Crippen LogP contribution < -0.4 is 4.90 Å². The highest BCUT2D eigenvalue weighted by molar-refractivity contribution is 8.13. The zero-order valence-electron chi connectivity index (χ0n) is 14.5. The van der Waals surface area contributed by atoms with Crippen LogP contribution >= 0.6 is 11.8 Å². The molecule has 130 valence electrons. The summed E-state index contributed by atoms with van der Waals surface area (Å²) in [5.41, 5.74) is 4.49. The van der Waals surface area contributed by atoms with Crippen molar-refractivity contribution in [1.82, 2.24) is 4.98 Å². The van der Waals surface area contributed by atoms with Gasteiger partial charge in [0.1, 0.15) is 0 Å². The number of fused-ring (bicyclic) bond motifs is 2. The van der Waals surface area contributed by atoms with Gasteiger partial charge in [-0.05, 0) is 43.2 Å². The Bertz CT molecular complexity index is 849. The van der Waals surface area contributed by atoms with Crippen molar-refractivity contribution < 1.29 is 9.59 Å². The van der Waals surface area contributed by atoms with Gasteiger partial charge < -0.3 is 4.90 Å². The van der Waals surface area contributed by atoms with E-state index in [1.807, 2.05) is 23.1 Å². The zero-order chi connectivity index (χ0) is 17.4. The van der Waals surface area contributed by atoms with Crippen molar-refractivity contribution in [3.63, 3.8) is 0 Å². The molecule has 5 heteroatoms. The maximum atomic E-state index is 12.8. The molecular formula is C20H22N2O2S. The number of para-hydroxylation sites is 1. The Balaban J connectivity index is 1.75. The van der Waals surface area contributed by atoms with E-state index in [1.165, 1.54) is 23.7 Å². The predicted octanol–water partition coefficient (Wildman–Crippen LogP) is 3.75. The summed E-state index contributed by atoms with van der Waals surface area (Å²) >= 11 is 1.33. The summed E-state index contributed by atoms with van der Waals surface area (Å²) < 4.78 is 0. The summed E-state index contributed by atoms with van der Waals surface area (Å²) in [5.74, 6) is 1.15. The number of nitrogens with zero attached hydrogens (tertiary/aromatic N) is 2. The second kappa shape index (κ2) is 6.79. The van der Waals surface area contributed by atoms with Crippen LogP contribution in [0.1, 0.15) is 37.4 Å². The van der Waals surface area contributed by atoms with Crippen LogP contribution in [0.25, 0.3) is 10.9 Å². The van der Waals surface area contributed by atoms with Gasteiger partial charge in [0.15, 0.2) is 5.12 Å². The number of amides is 1. The quantitative estimate of drug-likeness (QED) is 0.842. The molecule has 0 saturated carbocycles. The second-order valence-corrected chi connectivity index (χ2v) is 8.18. The molecule has 0 spiro atoms. The Labute approximate surface area is 152 Å². The molecule has 1 aliphatic carbocycles. The smallest absolute Gasteiger partial charge is 0.227 e. The number of hydrogen-bond donors (Lipinski definition) is 0. The lowest BCUT2D eigenvalue weighted by Crippen LogP contribution is -2.27. The van der Waals surface area contributed by atoms with Gasteiger partial charge in [-0.2, -0.15) is 0 Å². The van der Waals surface area contributed by atoms with Crippen LogP contribution in [0, 0.1) is 5.92 Å². The maximum Gasteiger partial charge on any atom is 0.227 e. The van der Waals surface area contributed by atoms with Gasteiger partial charge in [-0.3, -0.25) is 14.6 Å². The van der Waals surface area contributed by atoms with E-state index in [-0.39, 0.29) is 16.9 Å². The molecule has 2 aromatic rings. The molecule has 1 atom stereocenters. The topological polar surface area (TPSA) is 50.3 Å². The van der Waals surface area contributed by atoms with Crippen molar-refractivity contribution >= 4 is 39.4 Å². The third-order valence-electron chi connectivity index (χ3n) is 5.14. The SMILES string of the molecule is CC(=O)SCC1CC(=O)N(c2c3c(nc4ccccc24)CCCC3)C1. The van der Waals surface area contributed by atoms with Gasteiger partial charge in [0, 0.05) is 36.7 Å². The first kappa shape index (κ1) is 16.6. The van der Waals surface area contributed by atoms with Gasteiger partial charge in [-0.25, -0.2) is 0 Å². The lowest BCUT2D eigenvalue weighted by molar-refractivity contribution is -0.117. The summed E-state index contributed by atoms with van der Waals surface area (Å²) in [4.78, 5) is 30.9. The largest absolute Gasteiger partial charge is 0.311 e. The van der Waals surface area contributed by atoms with E-state index in [1.54, 1.807) is 6.92 Å².